The van der Waals surface area contributed by atoms with E-state index >= 15 is 0 Å². The highest BCUT2D eigenvalue weighted by Crippen LogP contribution is 2.30. The Morgan fingerprint density at radius 2 is 2.11 bits per heavy atom. The highest BCUT2D eigenvalue weighted by Gasteiger charge is 2.24. The maximum atomic E-state index is 14.1. The number of nitrogens with two attached hydrogens (primary N) is 1. The van der Waals surface area contributed by atoms with E-state index < -0.39 is 0 Å². The van der Waals surface area contributed by atoms with Gasteiger partial charge in [-0.25, -0.2) is 4.39 Å². The van der Waals surface area contributed by atoms with Gasteiger partial charge in [-0.3, -0.25) is 4.90 Å². The second-order valence-corrected chi connectivity index (χ2v) is 5.89. The van der Waals surface area contributed by atoms with Crippen LogP contribution in [-0.2, 0) is 0 Å². The molecule has 0 amide bonds. The molecule has 19 heavy (non-hydrogen) atoms. The van der Waals surface area contributed by atoms with Gasteiger partial charge in [0.2, 0.25) is 0 Å². The molecule has 2 rings (SSSR count). The molecule has 1 aromatic carbocycles. The molecule has 1 aliphatic carbocycles. The van der Waals surface area contributed by atoms with E-state index in [2.05, 4.69) is 4.90 Å². The van der Waals surface area contributed by atoms with E-state index in [9.17, 15) is 4.39 Å². The van der Waals surface area contributed by atoms with Crippen molar-refractivity contribution in [2.24, 2.45) is 11.7 Å². The molecule has 1 fully saturated rings. The summed E-state index contributed by atoms with van der Waals surface area (Å²) in [6, 6.07) is 5.04. The van der Waals surface area contributed by atoms with Crippen molar-refractivity contribution >= 4 is 11.6 Å². The van der Waals surface area contributed by atoms with Gasteiger partial charge in [-0.05, 0) is 31.9 Å². The zero-order chi connectivity index (χ0) is 13.8. The maximum absolute atomic E-state index is 14.1. The third kappa shape index (κ3) is 3.47. The molecule has 0 heterocycles. The summed E-state index contributed by atoms with van der Waals surface area (Å²) in [6.07, 6.45) is 5.19. The molecule has 1 aliphatic rings. The lowest BCUT2D eigenvalue weighted by Gasteiger charge is -2.30. The molecule has 0 aromatic heterocycles. The first-order valence-electron chi connectivity index (χ1n) is 6.97. The lowest BCUT2D eigenvalue weighted by molar-refractivity contribution is 0.209. The molecule has 1 atom stereocenters. The predicted octanol–water partition coefficient (Wildman–Crippen LogP) is 3.60. The summed E-state index contributed by atoms with van der Waals surface area (Å²) >= 11 is 5.86. The van der Waals surface area contributed by atoms with Gasteiger partial charge in [0, 0.05) is 24.7 Å². The van der Waals surface area contributed by atoms with Crippen molar-refractivity contribution in [3.8, 4) is 0 Å². The Hall–Kier alpha value is -0.640. The summed E-state index contributed by atoms with van der Waals surface area (Å²) in [5.74, 6) is 0.388. The van der Waals surface area contributed by atoms with Crippen LogP contribution < -0.4 is 5.73 Å². The zero-order valence-electron chi connectivity index (χ0n) is 11.4. The number of hydrogen-bond acceptors (Lipinski definition) is 2. The Kier molecular flexibility index (Phi) is 5.20. The fourth-order valence-electron chi connectivity index (χ4n) is 3.05. The van der Waals surface area contributed by atoms with Crippen LogP contribution in [-0.4, -0.2) is 25.0 Å². The highest BCUT2D eigenvalue weighted by atomic mass is 35.5. The summed E-state index contributed by atoms with van der Waals surface area (Å²) in [6.45, 7) is 1.38. The normalized spacial score (nSPS) is 18.2. The van der Waals surface area contributed by atoms with Crippen molar-refractivity contribution in [3.63, 3.8) is 0 Å². The predicted molar refractivity (Wildman–Crippen MR) is 77.8 cm³/mol. The number of hydrogen-bond donors (Lipinski definition) is 1. The Morgan fingerprint density at radius 3 is 2.74 bits per heavy atom. The van der Waals surface area contributed by atoms with E-state index in [1.165, 1.54) is 25.7 Å². The van der Waals surface area contributed by atoms with Crippen molar-refractivity contribution in [1.82, 2.24) is 4.90 Å². The summed E-state index contributed by atoms with van der Waals surface area (Å²) in [4.78, 5) is 2.17. The second-order valence-electron chi connectivity index (χ2n) is 5.48. The minimum atomic E-state index is -0.335. The standard InChI is InChI=1S/C15H22ClFN2/c1-19(10-11-5-2-3-6-11)14(9-18)12-7-4-8-13(16)15(12)17/h4,7-8,11,14H,2-3,5-6,9-10,18H2,1H3. The summed E-state index contributed by atoms with van der Waals surface area (Å²) < 4.78 is 14.1. The van der Waals surface area contributed by atoms with Crippen LogP contribution in [0.25, 0.3) is 0 Å². The zero-order valence-corrected chi connectivity index (χ0v) is 12.2. The van der Waals surface area contributed by atoms with Crippen molar-refractivity contribution in [2.75, 3.05) is 20.1 Å². The van der Waals surface area contributed by atoms with Crippen LogP contribution in [0.3, 0.4) is 0 Å². The molecule has 0 spiro atoms. The van der Waals surface area contributed by atoms with E-state index in [1.54, 1.807) is 18.2 Å². The smallest absolute Gasteiger partial charge is 0.146 e. The molecule has 0 radical (unpaired) electrons. The van der Waals surface area contributed by atoms with E-state index in [0.717, 1.165) is 12.5 Å². The van der Waals surface area contributed by atoms with Gasteiger partial charge >= 0.3 is 0 Å². The average Bonchev–Trinajstić information content (AvgIpc) is 2.88. The summed E-state index contributed by atoms with van der Waals surface area (Å²) in [5.41, 5.74) is 6.45. The minimum Gasteiger partial charge on any atom is -0.329 e. The first-order chi connectivity index (χ1) is 9.13. The van der Waals surface area contributed by atoms with Gasteiger partial charge in [0.25, 0.3) is 0 Å². The van der Waals surface area contributed by atoms with Crippen molar-refractivity contribution in [1.29, 1.82) is 0 Å². The lowest BCUT2D eigenvalue weighted by atomic mass is 10.0. The van der Waals surface area contributed by atoms with Gasteiger partial charge in [-0.1, -0.05) is 36.6 Å². The molecule has 0 aliphatic heterocycles. The Balaban J connectivity index is 2.11. The first-order valence-corrected chi connectivity index (χ1v) is 7.35. The van der Waals surface area contributed by atoms with E-state index in [-0.39, 0.29) is 16.9 Å². The fraction of sp³-hybridized carbons (Fsp3) is 0.600. The lowest BCUT2D eigenvalue weighted by Crippen LogP contribution is -2.34. The molecule has 106 valence electrons. The molecule has 1 unspecified atom stereocenters. The number of likely N-dealkylation sites (N-methyl/N-ethyl adjacent to an activating group) is 1. The third-order valence-corrected chi connectivity index (χ3v) is 4.41. The molecule has 0 saturated heterocycles. The van der Waals surface area contributed by atoms with Crippen molar-refractivity contribution in [2.45, 2.75) is 31.7 Å². The summed E-state index contributed by atoms with van der Waals surface area (Å²) in [7, 11) is 2.02. The fourth-order valence-corrected chi connectivity index (χ4v) is 3.23. The topological polar surface area (TPSA) is 29.3 Å². The van der Waals surface area contributed by atoms with Gasteiger partial charge in [0.05, 0.1) is 5.02 Å². The number of nitrogens with zero attached hydrogens (tertiary/aromatic N) is 1. The molecule has 2 nitrogen and oxygen atoms in total. The monoisotopic (exact) mass is 284 g/mol. The Bertz CT molecular complexity index is 419. The van der Waals surface area contributed by atoms with E-state index in [4.69, 9.17) is 17.3 Å². The molecule has 2 N–H and O–H groups in total. The van der Waals surface area contributed by atoms with Gasteiger partial charge in [-0.15, -0.1) is 0 Å². The minimum absolute atomic E-state index is 0.0979. The summed E-state index contributed by atoms with van der Waals surface area (Å²) in [5, 5.41) is 0.171. The van der Waals surface area contributed by atoms with Crippen LogP contribution in [0.5, 0.6) is 0 Å². The van der Waals surface area contributed by atoms with Crippen LogP contribution in [0.4, 0.5) is 4.39 Å². The first kappa shape index (κ1) is 14.8. The van der Waals surface area contributed by atoms with Crippen LogP contribution in [0.1, 0.15) is 37.3 Å². The SMILES string of the molecule is CN(CC1CCCC1)C(CN)c1cccc(Cl)c1F. The molecular formula is C15H22ClFN2. The molecule has 1 aromatic rings. The Morgan fingerprint density at radius 1 is 1.42 bits per heavy atom. The van der Waals surface area contributed by atoms with E-state index in [1.807, 2.05) is 7.05 Å². The Labute approximate surface area is 119 Å². The van der Waals surface area contributed by atoms with Crippen LogP contribution in [0, 0.1) is 11.7 Å². The van der Waals surface area contributed by atoms with Crippen LogP contribution >= 0.6 is 11.6 Å². The number of halogens is 2. The van der Waals surface area contributed by atoms with E-state index in [0.29, 0.717) is 12.1 Å². The van der Waals surface area contributed by atoms with Crippen LogP contribution in [0.2, 0.25) is 5.02 Å². The molecule has 0 bridgehead atoms. The van der Waals surface area contributed by atoms with Gasteiger partial charge in [0.1, 0.15) is 5.82 Å². The maximum Gasteiger partial charge on any atom is 0.146 e. The van der Waals surface area contributed by atoms with Crippen LogP contribution in [0.15, 0.2) is 18.2 Å². The van der Waals surface area contributed by atoms with Crippen molar-refractivity contribution in [3.05, 3.63) is 34.6 Å². The van der Waals surface area contributed by atoms with Gasteiger partial charge in [-0.2, -0.15) is 0 Å². The largest absolute Gasteiger partial charge is 0.329 e. The highest BCUT2D eigenvalue weighted by molar-refractivity contribution is 6.30. The second kappa shape index (κ2) is 6.69. The van der Waals surface area contributed by atoms with Gasteiger partial charge in [0.15, 0.2) is 0 Å². The third-order valence-electron chi connectivity index (χ3n) is 4.12. The van der Waals surface area contributed by atoms with Crippen molar-refractivity contribution < 1.29 is 4.39 Å². The number of rotatable bonds is 5. The number of benzene rings is 1. The van der Waals surface area contributed by atoms with Gasteiger partial charge < -0.3 is 5.73 Å². The molecule has 4 heteroatoms. The average molecular weight is 285 g/mol. The molecular weight excluding hydrogens is 263 g/mol. The quantitative estimate of drug-likeness (QED) is 0.895. The molecule has 1 saturated carbocycles.